The first kappa shape index (κ1) is 17.8. The molecule has 0 aliphatic carbocycles. The lowest BCUT2D eigenvalue weighted by molar-refractivity contribution is 0.0945. The Hall–Kier alpha value is -2.51. The molecule has 7 heteroatoms. The molecular formula is C17H22N4O3. The highest BCUT2D eigenvalue weighted by Gasteiger charge is 2.10. The zero-order valence-electron chi connectivity index (χ0n) is 13.6. The monoisotopic (exact) mass is 330 g/mol. The minimum Gasteiger partial charge on any atom is -0.395 e. The van der Waals surface area contributed by atoms with Crippen LogP contribution in [0.2, 0.25) is 0 Å². The summed E-state index contributed by atoms with van der Waals surface area (Å²) in [6.07, 6.45) is 3.98. The average molecular weight is 330 g/mol. The van der Waals surface area contributed by atoms with E-state index in [2.05, 4.69) is 20.6 Å². The van der Waals surface area contributed by atoms with Crippen LogP contribution >= 0.6 is 0 Å². The van der Waals surface area contributed by atoms with Crippen molar-refractivity contribution in [2.75, 3.05) is 25.1 Å². The fraction of sp³-hybridized carbons (Fsp3) is 0.353. The molecule has 1 heterocycles. The van der Waals surface area contributed by atoms with Gasteiger partial charge in [0.2, 0.25) is 0 Å². The zero-order valence-corrected chi connectivity index (χ0v) is 13.6. The molecule has 0 saturated carbocycles. The summed E-state index contributed by atoms with van der Waals surface area (Å²) in [5.41, 5.74) is 1.88. The SMILES string of the molecule is CCC(CO)Nc1cncc(-c2cccc(C(=O)NCCO)c2)n1. The van der Waals surface area contributed by atoms with Gasteiger partial charge in [-0.15, -0.1) is 0 Å². The summed E-state index contributed by atoms with van der Waals surface area (Å²) < 4.78 is 0. The molecule has 1 unspecified atom stereocenters. The van der Waals surface area contributed by atoms with E-state index < -0.39 is 0 Å². The summed E-state index contributed by atoms with van der Waals surface area (Å²) in [6, 6.07) is 6.97. The molecule has 128 valence electrons. The highest BCUT2D eigenvalue weighted by molar-refractivity contribution is 5.95. The molecule has 7 nitrogen and oxygen atoms in total. The molecule has 0 aliphatic rings. The van der Waals surface area contributed by atoms with Crippen molar-refractivity contribution in [3.8, 4) is 11.3 Å². The highest BCUT2D eigenvalue weighted by Crippen LogP contribution is 2.19. The molecule has 1 amide bonds. The smallest absolute Gasteiger partial charge is 0.251 e. The number of hydrogen-bond acceptors (Lipinski definition) is 6. The van der Waals surface area contributed by atoms with E-state index in [1.165, 1.54) is 0 Å². The first-order chi connectivity index (χ1) is 11.7. The Kier molecular flexibility index (Phi) is 6.65. The fourth-order valence-corrected chi connectivity index (χ4v) is 2.15. The number of nitrogens with zero attached hydrogens (tertiary/aromatic N) is 2. The summed E-state index contributed by atoms with van der Waals surface area (Å²) >= 11 is 0. The third-order valence-corrected chi connectivity index (χ3v) is 3.52. The van der Waals surface area contributed by atoms with E-state index in [1.807, 2.05) is 13.0 Å². The van der Waals surface area contributed by atoms with Crippen LogP contribution in [0.4, 0.5) is 5.82 Å². The predicted octanol–water partition coefficient (Wildman–Crippen LogP) is 1.05. The second-order valence-corrected chi connectivity index (χ2v) is 5.28. The van der Waals surface area contributed by atoms with Crippen molar-refractivity contribution in [2.24, 2.45) is 0 Å². The van der Waals surface area contributed by atoms with Gasteiger partial charge in [-0.25, -0.2) is 4.98 Å². The van der Waals surface area contributed by atoms with Crippen LogP contribution in [0.25, 0.3) is 11.3 Å². The number of benzene rings is 1. The number of hydrogen-bond donors (Lipinski definition) is 4. The summed E-state index contributed by atoms with van der Waals surface area (Å²) in [4.78, 5) is 20.6. The van der Waals surface area contributed by atoms with Crippen molar-refractivity contribution in [1.29, 1.82) is 0 Å². The maximum atomic E-state index is 12.0. The molecule has 1 atom stereocenters. The number of amides is 1. The molecule has 0 spiro atoms. The van der Waals surface area contributed by atoms with Crippen LogP contribution in [-0.2, 0) is 0 Å². The van der Waals surface area contributed by atoms with Gasteiger partial charge in [0.1, 0.15) is 5.82 Å². The van der Waals surface area contributed by atoms with Gasteiger partial charge in [0, 0.05) is 17.7 Å². The zero-order chi connectivity index (χ0) is 17.4. The van der Waals surface area contributed by atoms with Crippen molar-refractivity contribution in [1.82, 2.24) is 15.3 Å². The number of aliphatic hydroxyl groups is 2. The summed E-state index contributed by atoms with van der Waals surface area (Å²) in [5, 5.41) is 23.8. The van der Waals surface area contributed by atoms with Gasteiger partial charge in [-0.2, -0.15) is 0 Å². The third-order valence-electron chi connectivity index (χ3n) is 3.52. The van der Waals surface area contributed by atoms with Gasteiger partial charge >= 0.3 is 0 Å². The van der Waals surface area contributed by atoms with E-state index in [0.717, 1.165) is 12.0 Å². The molecule has 2 rings (SSSR count). The second-order valence-electron chi connectivity index (χ2n) is 5.28. The van der Waals surface area contributed by atoms with Crippen LogP contribution in [0.3, 0.4) is 0 Å². The van der Waals surface area contributed by atoms with Crippen LogP contribution in [0, 0.1) is 0 Å². The van der Waals surface area contributed by atoms with Gasteiger partial charge in [-0.1, -0.05) is 19.1 Å². The van der Waals surface area contributed by atoms with E-state index in [4.69, 9.17) is 5.11 Å². The topological polar surface area (TPSA) is 107 Å². The molecule has 2 aromatic rings. The quantitative estimate of drug-likeness (QED) is 0.576. The summed E-state index contributed by atoms with van der Waals surface area (Å²) in [5.74, 6) is 0.322. The van der Waals surface area contributed by atoms with Crippen molar-refractivity contribution < 1.29 is 15.0 Å². The van der Waals surface area contributed by atoms with Crippen molar-refractivity contribution in [2.45, 2.75) is 19.4 Å². The molecule has 4 N–H and O–H groups in total. The lowest BCUT2D eigenvalue weighted by Crippen LogP contribution is -2.26. The van der Waals surface area contributed by atoms with Crippen molar-refractivity contribution >= 4 is 11.7 Å². The maximum absolute atomic E-state index is 12.0. The van der Waals surface area contributed by atoms with Crippen molar-refractivity contribution in [3.05, 3.63) is 42.2 Å². The van der Waals surface area contributed by atoms with E-state index >= 15 is 0 Å². The first-order valence-electron chi connectivity index (χ1n) is 7.86. The lowest BCUT2D eigenvalue weighted by atomic mass is 10.1. The number of aromatic nitrogens is 2. The predicted molar refractivity (Wildman–Crippen MR) is 91.7 cm³/mol. The first-order valence-corrected chi connectivity index (χ1v) is 7.86. The van der Waals surface area contributed by atoms with Gasteiger partial charge < -0.3 is 20.8 Å². The van der Waals surface area contributed by atoms with E-state index in [0.29, 0.717) is 17.1 Å². The number of carbonyl (C=O) groups excluding carboxylic acids is 1. The van der Waals surface area contributed by atoms with Gasteiger partial charge in [-0.05, 0) is 18.6 Å². The Labute approximate surface area is 140 Å². The van der Waals surface area contributed by atoms with Crippen LogP contribution in [-0.4, -0.2) is 51.9 Å². The molecule has 0 bridgehead atoms. The number of rotatable bonds is 8. The normalized spacial score (nSPS) is 11.8. The Balaban J connectivity index is 2.21. The lowest BCUT2D eigenvalue weighted by Gasteiger charge is -2.15. The number of anilines is 1. The van der Waals surface area contributed by atoms with E-state index in [9.17, 15) is 9.90 Å². The average Bonchev–Trinajstić information content (AvgIpc) is 2.64. The van der Waals surface area contributed by atoms with Gasteiger partial charge in [0.15, 0.2) is 0 Å². The highest BCUT2D eigenvalue weighted by atomic mass is 16.3. The van der Waals surface area contributed by atoms with Crippen LogP contribution in [0.1, 0.15) is 23.7 Å². The molecule has 24 heavy (non-hydrogen) atoms. The number of carbonyl (C=O) groups is 1. The maximum Gasteiger partial charge on any atom is 0.251 e. The largest absolute Gasteiger partial charge is 0.395 e. The second kappa shape index (κ2) is 8.95. The molecular weight excluding hydrogens is 308 g/mol. The van der Waals surface area contributed by atoms with Crippen LogP contribution in [0.5, 0.6) is 0 Å². The summed E-state index contributed by atoms with van der Waals surface area (Å²) in [7, 11) is 0. The third kappa shape index (κ3) is 4.74. The molecule has 0 fully saturated rings. The molecule has 1 aromatic carbocycles. The Morgan fingerprint density at radius 3 is 2.83 bits per heavy atom. The Bertz CT molecular complexity index is 674. The fourth-order valence-electron chi connectivity index (χ4n) is 2.15. The molecule has 0 saturated heterocycles. The Morgan fingerprint density at radius 2 is 2.12 bits per heavy atom. The minimum atomic E-state index is -0.250. The van der Waals surface area contributed by atoms with Gasteiger partial charge in [0.05, 0.1) is 37.3 Å². The van der Waals surface area contributed by atoms with E-state index in [1.54, 1.807) is 30.6 Å². The summed E-state index contributed by atoms with van der Waals surface area (Å²) in [6.45, 7) is 2.10. The van der Waals surface area contributed by atoms with Gasteiger partial charge in [-0.3, -0.25) is 9.78 Å². The Morgan fingerprint density at radius 1 is 1.29 bits per heavy atom. The molecule has 1 aromatic heterocycles. The van der Waals surface area contributed by atoms with E-state index in [-0.39, 0.29) is 31.7 Å². The minimum absolute atomic E-state index is 0.0168. The molecule has 0 radical (unpaired) electrons. The van der Waals surface area contributed by atoms with Crippen molar-refractivity contribution in [3.63, 3.8) is 0 Å². The van der Waals surface area contributed by atoms with Crippen LogP contribution in [0.15, 0.2) is 36.7 Å². The van der Waals surface area contributed by atoms with Gasteiger partial charge in [0.25, 0.3) is 5.91 Å². The number of nitrogens with one attached hydrogen (secondary N) is 2. The van der Waals surface area contributed by atoms with Crippen LogP contribution < -0.4 is 10.6 Å². The standard InChI is InChI=1S/C17H22N4O3/c1-2-14(11-23)20-16-10-18-9-15(21-16)12-4-3-5-13(8-12)17(24)19-6-7-22/h3-5,8-10,14,22-23H,2,6-7,11H2,1H3,(H,19,24)(H,20,21). The molecule has 0 aliphatic heterocycles. The number of aliphatic hydroxyl groups excluding tert-OH is 2.